The van der Waals surface area contributed by atoms with Crippen LogP contribution >= 0.6 is 0 Å². The minimum absolute atomic E-state index is 0.0290. The molecule has 0 spiro atoms. The molecule has 2 amide bonds. The Morgan fingerprint density at radius 3 is 2.61 bits per heavy atom. The highest BCUT2D eigenvalue weighted by Gasteiger charge is 2.32. The van der Waals surface area contributed by atoms with Crippen LogP contribution in [0.3, 0.4) is 0 Å². The number of carbonyl (C=O) groups excluding carboxylic acids is 3. The zero-order valence-electron chi connectivity index (χ0n) is 14.7. The van der Waals surface area contributed by atoms with Crippen molar-refractivity contribution in [1.29, 1.82) is 0 Å². The third kappa shape index (κ3) is 2.19. The molecular formula is C17H13N5O6. The Labute approximate surface area is 156 Å². The second-order valence-corrected chi connectivity index (χ2v) is 5.88. The Morgan fingerprint density at radius 1 is 1.18 bits per heavy atom. The maximum absolute atomic E-state index is 12.7. The van der Waals surface area contributed by atoms with Gasteiger partial charge in [0, 0.05) is 6.07 Å². The summed E-state index contributed by atoms with van der Waals surface area (Å²) in [6, 6.07) is 4.03. The zero-order valence-corrected chi connectivity index (χ0v) is 14.7. The number of amides is 2. The van der Waals surface area contributed by atoms with E-state index in [4.69, 9.17) is 15.2 Å². The molecule has 0 atom stereocenters. The van der Waals surface area contributed by atoms with Crippen LogP contribution in [0.15, 0.2) is 23.0 Å². The van der Waals surface area contributed by atoms with E-state index in [1.54, 1.807) is 0 Å². The van der Waals surface area contributed by atoms with Crippen molar-refractivity contribution in [3.05, 3.63) is 45.4 Å². The van der Waals surface area contributed by atoms with Gasteiger partial charge in [-0.25, -0.2) is 4.79 Å². The Balaban J connectivity index is 2.12. The number of nitrogens with one attached hydrogen (secondary N) is 2. The van der Waals surface area contributed by atoms with E-state index in [2.05, 4.69) is 15.5 Å². The number of esters is 1. The Bertz CT molecular complexity index is 1260. The Kier molecular flexibility index (Phi) is 3.67. The number of aromatic nitrogens is 3. The standard InChI is InChI=1S/C17H13N5O6/c1-27-8-4-3-7(11-12(8)20-21-13(11)17(26)28-2)22-9(23)5-6-10(14(22)18)16(25)19-15(6)24/h3-5H,18H2,1-2H3,(H,20,21)(H,19,24,25). The van der Waals surface area contributed by atoms with E-state index in [9.17, 15) is 19.2 Å². The fourth-order valence-electron chi connectivity index (χ4n) is 3.22. The number of hydrogen-bond acceptors (Lipinski definition) is 8. The first kappa shape index (κ1) is 17.3. The van der Waals surface area contributed by atoms with Crippen LogP contribution in [0.25, 0.3) is 16.6 Å². The number of anilines is 1. The molecule has 0 aliphatic carbocycles. The second kappa shape index (κ2) is 5.94. The van der Waals surface area contributed by atoms with Crippen LogP contribution in [0.2, 0.25) is 0 Å². The van der Waals surface area contributed by atoms with Crippen LogP contribution in [0, 0.1) is 0 Å². The van der Waals surface area contributed by atoms with Crippen molar-refractivity contribution >= 4 is 34.5 Å². The third-order valence-corrected chi connectivity index (χ3v) is 4.45. The van der Waals surface area contributed by atoms with Crippen molar-refractivity contribution in [2.45, 2.75) is 0 Å². The normalized spacial score (nSPS) is 12.8. The first-order chi connectivity index (χ1) is 13.4. The number of aromatic amines is 1. The van der Waals surface area contributed by atoms with Crippen molar-refractivity contribution < 1.29 is 23.9 Å². The maximum atomic E-state index is 12.7. The highest BCUT2D eigenvalue weighted by molar-refractivity contribution is 6.23. The molecule has 0 unspecified atom stereocenters. The molecule has 0 fully saturated rings. The Hall–Kier alpha value is -4.15. The van der Waals surface area contributed by atoms with E-state index in [1.807, 2.05) is 0 Å². The van der Waals surface area contributed by atoms with Crippen molar-refractivity contribution in [3.63, 3.8) is 0 Å². The van der Waals surface area contributed by atoms with Crippen molar-refractivity contribution in [2.75, 3.05) is 20.0 Å². The number of ether oxygens (including phenoxy) is 2. The molecule has 3 heterocycles. The molecule has 4 N–H and O–H groups in total. The number of imide groups is 1. The summed E-state index contributed by atoms with van der Waals surface area (Å²) in [5, 5.41) is 8.93. The number of rotatable bonds is 3. The number of hydrogen-bond donors (Lipinski definition) is 3. The summed E-state index contributed by atoms with van der Waals surface area (Å²) < 4.78 is 11.0. The highest BCUT2D eigenvalue weighted by atomic mass is 16.5. The smallest absolute Gasteiger partial charge is 0.356 e. The fourth-order valence-corrected chi connectivity index (χ4v) is 3.22. The molecule has 0 bridgehead atoms. The number of H-pyrrole nitrogens is 1. The second-order valence-electron chi connectivity index (χ2n) is 5.88. The van der Waals surface area contributed by atoms with E-state index in [1.165, 1.54) is 26.4 Å². The highest BCUT2D eigenvalue weighted by Crippen LogP contribution is 2.33. The molecule has 1 aliphatic rings. The number of pyridine rings is 1. The van der Waals surface area contributed by atoms with Gasteiger partial charge in [-0.15, -0.1) is 0 Å². The number of nitrogen functional groups attached to an aromatic ring is 1. The number of carbonyl (C=O) groups is 3. The first-order valence-corrected chi connectivity index (χ1v) is 7.94. The molecule has 3 aromatic rings. The number of nitrogens with two attached hydrogens (primary N) is 1. The molecule has 4 rings (SSSR count). The summed E-state index contributed by atoms with van der Waals surface area (Å²) in [6.45, 7) is 0. The maximum Gasteiger partial charge on any atom is 0.356 e. The fraction of sp³-hybridized carbons (Fsp3) is 0.118. The number of benzene rings is 1. The minimum atomic E-state index is -0.724. The topological polar surface area (TPSA) is 158 Å². The summed E-state index contributed by atoms with van der Waals surface area (Å²) in [5.74, 6) is -2.04. The van der Waals surface area contributed by atoms with Gasteiger partial charge in [-0.1, -0.05) is 0 Å². The largest absolute Gasteiger partial charge is 0.494 e. The lowest BCUT2D eigenvalue weighted by Crippen LogP contribution is -2.24. The number of fused-ring (bicyclic) bond motifs is 2. The van der Waals surface area contributed by atoms with Gasteiger partial charge in [-0.3, -0.25) is 29.4 Å². The lowest BCUT2D eigenvalue weighted by molar-refractivity contribution is 0.0595. The molecule has 0 radical (unpaired) electrons. The first-order valence-electron chi connectivity index (χ1n) is 7.94. The van der Waals surface area contributed by atoms with Crippen molar-refractivity contribution in [2.24, 2.45) is 0 Å². The zero-order chi connectivity index (χ0) is 20.2. The van der Waals surface area contributed by atoms with Crippen LogP contribution in [-0.4, -0.2) is 46.8 Å². The summed E-state index contributed by atoms with van der Waals surface area (Å²) in [6.07, 6.45) is 0. The van der Waals surface area contributed by atoms with E-state index < -0.39 is 23.3 Å². The van der Waals surface area contributed by atoms with Crippen LogP contribution < -0.4 is 21.3 Å². The van der Waals surface area contributed by atoms with E-state index >= 15 is 0 Å². The molecule has 142 valence electrons. The lowest BCUT2D eigenvalue weighted by atomic mass is 10.1. The van der Waals surface area contributed by atoms with Gasteiger partial charge in [0.05, 0.1) is 36.4 Å². The van der Waals surface area contributed by atoms with Crippen molar-refractivity contribution in [1.82, 2.24) is 20.1 Å². The molecule has 0 saturated carbocycles. The van der Waals surface area contributed by atoms with Gasteiger partial charge < -0.3 is 15.2 Å². The molecule has 1 aliphatic heterocycles. The Morgan fingerprint density at radius 2 is 1.93 bits per heavy atom. The van der Waals surface area contributed by atoms with Gasteiger partial charge in [0.1, 0.15) is 17.1 Å². The van der Waals surface area contributed by atoms with Gasteiger partial charge in [0.15, 0.2) is 5.69 Å². The van der Waals surface area contributed by atoms with Gasteiger partial charge in [0.25, 0.3) is 17.4 Å². The van der Waals surface area contributed by atoms with Gasteiger partial charge in [0.2, 0.25) is 0 Å². The molecule has 11 heteroatoms. The molecule has 28 heavy (non-hydrogen) atoms. The third-order valence-electron chi connectivity index (χ3n) is 4.45. The summed E-state index contributed by atoms with van der Waals surface area (Å²) >= 11 is 0. The van der Waals surface area contributed by atoms with Gasteiger partial charge in [-0.2, -0.15) is 5.10 Å². The lowest BCUT2D eigenvalue weighted by Gasteiger charge is -2.14. The molecule has 1 aromatic carbocycles. The van der Waals surface area contributed by atoms with Crippen LogP contribution in [-0.2, 0) is 4.74 Å². The average Bonchev–Trinajstić information content (AvgIpc) is 3.23. The van der Waals surface area contributed by atoms with Crippen LogP contribution in [0.4, 0.5) is 5.82 Å². The van der Waals surface area contributed by atoms with Gasteiger partial charge in [-0.05, 0) is 12.1 Å². The minimum Gasteiger partial charge on any atom is -0.494 e. The monoisotopic (exact) mass is 383 g/mol. The van der Waals surface area contributed by atoms with Crippen LogP contribution in [0.5, 0.6) is 5.75 Å². The van der Waals surface area contributed by atoms with E-state index in [0.29, 0.717) is 5.75 Å². The molecule has 2 aromatic heterocycles. The summed E-state index contributed by atoms with van der Waals surface area (Å²) in [7, 11) is 2.62. The number of methoxy groups -OCH3 is 2. The van der Waals surface area contributed by atoms with E-state index in [0.717, 1.165) is 10.6 Å². The van der Waals surface area contributed by atoms with Gasteiger partial charge >= 0.3 is 5.97 Å². The molecule has 0 saturated heterocycles. The quantitative estimate of drug-likeness (QED) is 0.420. The van der Waals surface area contributed by atoms with Crippen molar-refractivity contribution in [3.8, 4) is 11.4 Å². The summed E-state index contributed by atoms with van der Waals surface area (Å²) in [4.78, 5) is 48.8. The van der Waals surface area contributed by atoms with Crippen LogP contribution in [0.1, 0.15) is 31.2 Å². The SMILES string of the molecule is COC(=O)c1[nH]nc2c(OC)ccc(-n3c(N)c4c(cc3=O)C(=O)NC4=O)c12. The van der Waals surface area contributed by atoms with E-state index in [-0.39, 0.29) is 39.2 Å². The predicted molar refractivity (Wildman–Crippen MR) is 95.8 cm³/mol. The number of nitrogens with zero attached hydrogens (tertiary/aromatic N) is 2. The predicted octanol–water partition coefficient (Wildman–Crippen LogP) is -0.0252. The molecule has 11 nitrogen and oxygen atoms in total. The average molecular weight is 383 g/mol. The molecular weight excluding hydrogens is 370 g/mol. The summed E-state index contributed by atoms with van der Waals surface area (Å²) in [5.41, 5.74) is 5.60.